The molecule has 3 heterocycles. The fourth-order valence-corrected chi connectivity index (χ4v) is 2.82. The van der Waals surface area contributed by atoms with Crippen LogP contribution >= 0.6 is 11.3 Å². The lowest BCUT2D eigenvalue weighted by Gasteiger charge is -2.16. The standard InChI is InChI=1S/C13H14N6OS/c1-18-9-10(16-17-18)13(20)14-8-11(12-4-2-7-21-12)19-6-3-5-15-19/h2-7,9,11H,8H2,1H3,(H,14,20). The number of carbonyl (C=O) groups is 1. The van der Waals surface area contributed by atoms with Gasteiger partial charge in [-0.2, -0.15) is 5.10 Å². The van der Waals surface area contributed by atoms with Crippen molar-refractivity contribution in [2.24, 2.45) is 7.05 Å². The van der Waals surface area contributed by atoms with Crippen LogP contribution in [0, 0.1) is 0 Å². The molecule has 3 aromatic rings. The molecule has 1 unspecified atom stereocenters. The molecule has 0 radical (unpaired) electrons. The van der Waals surface area contributed by atoms with Crippen LogP contribution in [0.2, 0.25) is 0 Å². The molecule has 3 aromatic heterocycles. The summed E-state index contributed by atoms with van der Waals surface area (Å²) in [6, 6.07) is 5.86. The Morgan fingerprint density at radius 3 is 3.00 bits per heavy atom. The highest BCUT2D eigenvalue weighted by Gasteiger charge is 2.17. The molecule has 0 saturated heterocycles. The van der Waals surface area contributed by atoms with Crippen molar-refractivity contribution in [2.45, 2.75) is 6.04 Å². The summed E-state index contributed by atoms with van der Waals surface area (Å²) in [5.41, 5.74) is 0.308. The van der Waals surface area contributed by atoms with Crippen molar-refractivity contribution in [3.63, 3.8) is 0 Å². The number of hydrogen-bond acceptors (Lipinski definition) is 5. The van der Waals surface area contributed by atoms with E-state index in [1.807, 2.05) is 34.5 Å². The lowest BCUT2D eigenvalue weighted by atomic mass is 10.2. The first-order valence-electron chi connectivity index (χ1n) is 6.41. The minimum Gasteiger partial charge on any atom is -0.348 e. The minimum absolute atomic E-state index is 0.0272. The number of hydrogen-bond donors (Lipinski definition) is 1. The maximum atomic E-state index is 12.0. The molecule has 8 heteroatoms. The van der Waals surface area contributed by atoms with Crippen LogP contribution in [0.4, 0.5) is 0 Å². The molecule has 21 heavy (non-hydrogen) atoms. The number of amides is 1. The van der Waals surface area contributed by atoms with Gasteiger partial charge in [-0.3, -0.25) is 14.2 Å². The van der Waals surface area contributed by atoms with E-state index in [1.54, 1.807) is 30.8 Å². The fourth-order valence-electron chi connectivity index (χ4n) is 2.00. The maximum absolute atomic E-state index is 12.0. The summed E-state index contributed by atoms with van der Waals surface area (Å²) in [4.78, 5) is 13.2. The number of carbonyl (C=O) groups excluding carboxylic acids is 1. The number of thiophene rings is 1. The summed E-state index contributed by atoms with van der Waals surface area (Å²) >= 11 is 1.64. The summed E-state index contributed by atoms with van der Waals surface area (Å²) in [5, 5.41) is 16.7. The molecule has 3 rings (SSSR count). The van der Waals surface area contributed by atoms with Crippen molar-refractivity contribution >= 4 is 17.2 Å². The lowest BCUT2D eigenvalue weighted by Crippen LogP contribution is -2.31. The zero-order valence-electron chi connectivity index (χ0n) is 11.4. The molecular formula is C13H14N6OS. The van der Waals surface area contributed by atoms with E-state index in [9.17, 15) is 4.79 Å². The third-order valence-corrected chi connectivity index (χ3v) is 3.98. The molecule has 1 atom stereocenters. The van der Waals surface area contributed by atoms with E-state index in [-0.39, 0.29) is 11.9 Å². The molecule has 0 aliphatic carbocycles. The minimum atomic E-state index is -0.239. The lowest BCUT2D eigenvalue weighted by molar-refractivity contribution is 0.0944. The third kappa shape index (κ3) is 3.00. The number of nitrogens with zero attached hydrogens (tertiary/aromatic N) is 5. The molecule has 0 saturated carbocycles. The predicted molar refractivity (Wildman–Crippen MR) is 78.0 cm³/mol. The van der Waals surface area contributed by atoms with Crippen LogP contribution in [0.15, 0.2) is 42.2 Å². The Balaban J connectivity index is 1.72. The van der Waals surface area contributed by atoms with Gasteiger partial charge in [-0.1, -0.05) is 11.3 Å². The average Bonchev–Trinajstić information content (AvgIpc) is 3.21. The van der Waals surface area contributed by atoms with E-state index in [2.05, 4.69) is 20.7 Å². The number of aromatic nitrogens is 5. The van der Waals surface area contributed by atoms with Gasteiger partial charge in [0.2, 0.25) is 0 Å². The average molecular weight is 302 g/mol. The Hall–Kier alpha value is -2.48. The van der Waals surface area contributed by atoms with Gasteiger partial charge in [0, 0.05) is 30.9 Å². The van der Waals surface area contributed by atoms with Crippen LogP contribution in [0.3, 0.4) is 0 Å². The molecule has 108 valence electrons. The monoisotopic (exact) mass is 302 g/mol. The number of nitrogens with one attached hydrogen (secondary N) is 1. The quantitative estimate of drug-likeness (QED) is 0.765. The van der Waals surface area contributed by atoms with Crippen LogP contribution in [0.25, 0.3) is 0 Å². The first-order chi connectivity index (χ1) is 10.2. The maximum Gasteiger partial charge on any atom is 0.273 e. The predicted octanol–water partition coefficient (Wildman–Crippen LogP) is 1.09. The van der Waals surface area contributed by atoms with Gasteiger partial charge in [-0.05, 0) is 17.5 Å². The summed E-state index contributed by atoms with van der Waals surface area (Å²) in [6.45, 7) is 0.442. The smallest absolute Gasteiger partial charge is 0.273 e. The van der Waals surface area contributed by atoms with Crippen LogP contribution in [-0.4, -0.2) is 37.2 Å². The Morgan fingerprint density at radius 2 is 2.38 bits per heavy atom. The zero-order chi connectivity index (χ0) is 14.7. The van der Waals surface area contributed by atoms with Crippen molar-refractivity contribution in [1.29, 1.82) is 0 Å². The van der Waals surface area contributed by atoms with Gasteiger partial charge in [0.05, 0.1) is 6.20 Å². The Kier molecular flexibility index (Phi) is 3.78. The molecule has 0 spiro atoms. The van der Waals surface area contributed by atoms with Crippen molar-refractivity contribution in [2.75, 3.05) is 6.54 Å². The highest BCUT2D eigenvalue weighted by atomic mass is 32.1. The summed E-state index contributed by atoms with van der Waals surface area (Å²) in [5.74, 6) is -0.239. The molecule has 0 aliphatic rings. The molecular weight excluding hydrogens is 288 g/mol. The number of aryl methyl sites for hydroxylation is 1. The van der Waals surface area contributed by atoms with Crippen LogP contribution < -0.4 is 5.32 Å². The van der Waals surface area contributed by atoms with Crippen LogP contribution in [0.5, 0.6) is 0 Å². The second-order valence-electron chi connectivity index (χ2n) is 4.50. The number of rotatable bonds is 5. The van der Waals surface area contributed by atoms with Gasteiger partial charge < -0.3 is 5.32 Å². The van der Waals surface area contributed by atoms with Crippen LogP contribution in [0.1, 0.15) is 21.4 Å². The summed E-state index contributed by atoms with van der Waals surface area (Å²) < 4.78 is 3.34. The van der Waals surface area contributed by atoms with Gasteiger partial charge in [-0.25, -0.2) is 0 Å². The van der Waals surface area contributed by atoms with E-state index < -0.39 is 0 Å². The van der Waals surface area contributed by atoms with E-state index >= 15 is 0 Å². The zero-order valence-corrected chi connectivity index (χ0v) is 12.2. The summed E-state index contributed by atoms with van der Waals surface area (Å²) in [6.07, 6.45) is 5.20. The van der Waals surface area contributed by atoms with E-state index in [1.165, 1.54) is 4.68 Å². The van der Waals surface area contributed by atoms with Crippen molar-refractivity contribution in [1.82, 2.24) is 30.1 Å². The van der Waals surface area contributed by atoms with Crippen molar-refractivity contribution in [3.8, 4) is 0 Å². The van der Waals surface area contributed by atoms with Gasteiger partial charge in [-0.15, -0.1) is 16.4 Å². The van der Waals surface area contributed by atoms with E-state index in [4.69, 9.17) is 0 Å². The Labute approximate surface area is 125 Å². The first-order valence-corrected chi connectivity index (χ1v) is 7.29. The highest BCUT2D eigenvalue weighted by Crippen LogP contribution is 2.21. The van der Waals surface area contributed by atoms with Gasteiger partial charge in [0.1, 0.15) is 6.04 Å². The molecule has 0 fully saturated rings. The second-order valence-corrected chi connectivity index (χ2v) is 5.48. The SMILES string of the molecule is Cn1cc(C(=O)NCC(c2cccs2)n2cccn2)nn1. The van der Waals surface area contributed by atoms with Gasteiger partial charge >= 0.3 is 0 Å². The molecule has 1 N–H and O–H groups in total. The normalized spacial score (nSPS) is 12.2. The molecule has 0 bridgehead atoms. The molecule has 0 aliphatic heterocycles. The second kappa shape index (κ2) is 5.88. The summed E-state index contributed by atoms with van der Waals surface area (Å²) in [7, 11) is 1.72. The van der Waals surface area contributed by atoms with Crippen molar-refractivity contribution in [3.05, 3.63) is 52.7 Å². The largest absolute Gasteiger partial charge is 0.348 e. The Bertz CT molecular complexity index is 669. The van der Waals surface area contributed by atoms with Crippen LogP contribution in [-0.2, 0) is 7.05 Å². The van der Waals surface area contributed by atoms with E-state index in [0.717, 1.165) is 4.88 Å². The first kappa shape index (κ1) is 13.5. The molecule has 7 nitrogen and oxygen atoms in total. The van der Waals surface area contributed by atoms with Gasteiger partial charge in [0.25, 0.3) is 5.91 Å². The topological polar surface area (TPSA) is 77.6 Å². The fraction of sp³-hybridized carbons (Fsp3) is 0.231. The molecule has 0 aromatic carbocycles. The Morgan fingerprint density at radius 1 is 1.48 bits per heavy atom. The van der Waals surface area contributed by atoms with Gasteiger partial charge in [0.15, 0.2) is 5.69 Å². The van der Waals surface area contributed by atoms with E-state index in [0.29, 0.717) is 12.2 Å². The molecule has 1 amide bonds. The van der Waals surface area contributed by atoms with Crippen molar-refractivity contribution < 1.29 is 4.79 Å². The highest BCUT2D eigenvalue weighted by molar-refractivity contribution is 7.10. The third-order valence-electron chi connectivity index (χ3n) is 3.01.